The van der Waals surface area contributed by atoms with Crippen LogP contribution in [0.15, 0.2) is 12.2 Å². The quantitative estimate of drug-likeness (QED) is 0.439. The number of aliphatic carboxylic acids is 1. The maximum atomic E-state index is 12.0. The van der Waals surface area contributed by atoms with Gasteiger partial charge in [0.25, 0.3) is 0 Å². The van der Waals surface area contributed by atoms with E-state index in [1.54, 1.807) is 4.90 Å². The van der Waals surface area contributed by atoms with Gasteiger partial charge in [0.1, 0.15) is 0 Å². The lowest BCUT2D eigenvalue weighted by Gasteiger charge is -2.21. The summed E-state index contributed by atoms with van der Waals surface area (Å²) < 4.78 is 0. The van der Waals surface area contributed by atoms with E-state index in [4.69, 9.17) is 5.11 Å². The van der Waals surface area contributed by atoms with Crippen molar-refractivity contribution in [3.8, 4) is 0 Å². The van der Waals surface area contributed by atoms with Crippen LogP contribution < -0.4 is 0 Å². The topological polar surface area (TPSA) is 57.6 Å². The van der Waals surface area contributed by atoms with E-state index >= 15 is 0 Å². The van der Waals surface area contributed by atoms with Crippen molar-refractivity contribution in [2.45, 2.75) is 65.2 Å². The molecule has 0 atom stereocenters. The van der Waals surface area contributed by atoms with E-state index in [9.17, 15) is 9.59 Å². The lowest BCUT2D eigenvalue weighted by molar-refractivity contribution is -0.132. The molecule has 0 rings (SSSR count). The summed E-state index contributed by atoms with van der Waals surface area (Å²) in [6, 6.07) is 0. The van der Waals surface area contributed by atoms with Gasteiger partial charge in [-0.15, -0.1) is 0 Å². The summed E-state index contributed by atoms with van der Waals surface area (Å²) >= 11 is 0. The molecule has 0 saturated carbocycles. The molecule has 0 fully saturated rings. The zero-order valence-corrected chi connectivity index (χ0v) is 12.9. The van der Waals surface area contributed by atoms with E-state index in [0.29, 0.717) is 0 Å². The lowest BCUT2D eigenvalue weighted by Crippen LogP contribution is -2.31. The fraction of sp³-hybridized carbons (Fsp3) is 0.750. The first kappa shape index (κ1) is 18.7. The molecule has 4 heteroatoms. The predicted molar refractivity (Wildman–Crippen MR) is 81.6 cm³/mol. The summed E-state index contributed by atoms with van der Waals surface area (Å²) in [5.74, 6) is -1.25. The maximum absolute atomic E-state index is 12.0. The summed E-state index contributed by atoms with van der Waals surface area (Å²) in [4.78, 5) is 24.2. The number of hydrogen-bond acceptors (Lipinski definition) is 2. The fourth-order valence-electron chi connectivity index (χ4n) is 2.04. The number of amides is 1. The SMILES string of the molecule is CCCCCCN(CCCCCC)C(=O)/C=C\C(=O)O. The molecule has 1 amide bonds. The first-order valence-electron chi connectivity index (χ1n) is 7.81. The number of rotatable bonds is 12. The van der Waals surface area contributed by atoms with Gasteiger partial charge < -0.3 is 10.0 Å². The zero-order valence-electron chi connectivity index (χ0n) is 12.9. The number of nitrogens with zero attached hydrogens (tertiary/aromatic N) is 1. The van der Waals surface area contributed by atoms with Crippen LogP contribution in [-0.2, 0) is 9.59 Å². The molecule has 0 heterocycles. The molecule has 20 heavy (non-hydrogen) atoms. The fourth-order valence-corrected chi connectivity index (χ4v) is 2.04. The van der Waals surface area contributed by atoms with Crippen molar-refractivity contribution in [2.75, 3.05) is 13.1 Å². The van der Waals surface area contributed by atoms with E-state index in [-0.39, 0.29) is 5.91 Å². The predicted octanol–water partition coefficient (Wildman–Crippen LogP) is 3.62. The van der Waals surface area contributed by atoms with Gasteiger partial charge in [-0.2, -0.15) is 0 Å². The Bertz CT molecular complexity index is 288. The molecule has 0 aromatic rings. The molecular weight excluding hydrogens is 254 g/mol. The Balaban J connectivity index is 4.21. The van der Waals surface area contributed by atoms with Crippen LogP contribution in [-0.4, -0.2) is 35.0 Å². The zero-order chi connectivity index (χ0) is 15.2. The van der Waals surface area contributed by atoms with Crippen molar-refractivity contribution in [3.05, 3.63) is 12.2 Å². The highest BCUT2D eigenvalue weighted by molar-refractivity contribution is 5.93. The Hall–Kier alpha value is -1.32. The van der Waals surface area contributed by atoms with Gasteiger partial charge >= 0.3 is 5.97 Å². The van der Waals surface area contributed by atoms with Gasteiger partial charge in [0, 0.05) is 25.2 Å². The van der Waals surface area contributed by atoms with Gasteiger partial charge in [-0.3, -0.25) is 4.79 Å². The summed E-state index contributed by atoms with van der Waals surface area (Å²) in [7, 11) is 0. The summed E-state index contributed by atoms with van der Waals surface area (Å²) in [5, 5.41) is 8.58. The number of carbonyl (C=O) groups excluding carboxylic acids is 1. The first-order chi connectivity index (χ1) is 9.61. The van der Waals surface area contributed by atoms with E-state index < -0.39 is 5.97 Å². The second kappa shape index (κ2) is 12.7. The minimum Gasteiger partial charge on any atom is -0.478 e. The molecule has 116 valence electrons. The van der Waals surface area contributed by atoms with Crippen LogP contribution in [0.1, 0.15) is 65.2 Å². The van der Waals surface area contributed by atoms with Gasteiger partial charge in [0.2, 0.25) is 5.91 Å². The van der Waals surface area contributed by atoms with Crippen LogP contribution in [0.3, 0.4) is 0 Å². The van der Waals surface area contributed by atoms with E-state index in [2.05, 4.69) is 13.8 Å². The normalized spacial score (nSPS) is 10.9. The number of carboxylic acid groups (broad SMARTS) is 1. The van der Waals surface area contributed by atoms with Crippen molar-refractivity contribution >= 4 is 11.9 Å². The molecule has 0 saturated heterocycles. The van der Waals surface area contributed by atoms with Crippen LogP contribution in [0.2, 0.25) is 0 Å². The number of unbranched alkanes of at least 4 members (excludes halogenated alkanes) is 6. The van der Waals surface area contributed by atoms with Crippen LogP contribution in [0.25, 0.3) is 0 Å². The van der Waals surface area contributed by atoms with Crippen molar-refractivity contribution in [3.63, 3.8) is 0 Å². The van der Waals surface area contributed by atoms with Crippen molar-refractivity contribution < 1.29 is 14.7 Å². The number of carboxylic acids is 1. The van der Waals surface area contributed by atoms with Gasteiger partial charge in [-0.1, -0.05) is 52.4 Å². The summed E-state index contributed by atoms with van der Waals surface area (Å²) in [5.41, 5.74) is 0. The molecule has 0 aliphatic rings. The van der Waals surface area contributed by atoms with Crippen LogP contribution in [0.5, 0.6) is 0 Å². The first-order valence-corrected chi connectivity index (χ1v) is 7.81. The third-order valence-electron chi connectivity index (χ3n) is 3.24. The third kappa shape index (κ3) is 10.6. The number of hydrogen-bond donors (Lipinski definition) is 1. The van der Waals surface area contributed by atoms with Gasteiger partial charge in [0.05, 0.1) is 0 Å². The average molecular weight is 283 g/mol. The Kier molecular flexibility index (Phi) is 11.9. The highest BCUT2D eigenvalue weighted by Gasteiger charge is 2.10. The van der Waals surface area contributed by atoms with Gasteiger partial charge in [-0.05, 0) is 12.8 Å². The smallest absolute Gasteiger partial charge is 0.328 e. The van der Waals surface area contributed by atoms with Gasteiger partial charge in [0.15, 0.2) is 0 Å². The summed E-state index contributed by atoms with van der Waals surface area (Å²) in [6.07, 6.45) is 11.0. The standard InChI is InChI=1S/C16H29NO3/c1-3-5-7-9-13-17(14-10-8-6-4-2)15(18)11-12-16(19)20/h11-12H,3-10,13-14H2,1-2H3,(H,19,20)/b12-11-. The number of carbonyl (C=O) groups is 2. The lowest BCUT2D eigenvalue weighted by atomic mass is 10.1. The minimum absolute atomic E-state index is 0.180. The Morgan fingerprint density at radius 1 is 0.850 bits per heavy atom. The molecule has 0 aromatic carbocycles. The molecule has 0 radical (unpaired) electrons. The molecular formula is C16H29NO3. The van der Waals surface area contributed by atoms with Crippen molar-refractivity contribution in [1.29, 1.82) is 0 Å². The largest absolute Gasteiger partial charge is 0.478 e. The molecule has 4 nitrogen and oxygen atoms in total. The monoisotopic (exact) mass is 283 g/mol. The summed E-state index contributed by atoms with van der Waals surface area (Å²) in [6.45, 7) is 5.77. The van der Waals surface area contributed by atoms with Crippen LogP contribution >= 0.6 is 0 Å². The van der Waals surface area contributed by atoms with E-state index in [0.717, 1.165) is 44.8 Å². The third-order valence-corrected chi connectivity index (χ3v) is 3.24. The Morgan fingerprint density at radius 3 is 1.75 bits per heavy atom. The molecule has 1 N–H and O–H groups in total. The highest BCUT2D eigenvalue weighted by atomic mass is 16.4. The molecule has 0 aromatic heterocycles. The molecule has 0 bridgehead atoms. The van der Waals surface area contributed by atoms with Crippen LogP contribution in [0, 0.1) is 0 Å². The minimum atomic E-state index is -1.07. The highest BCUT2D eigenvalue weighted by Crippen LogP contribution is 2.06. The Labute approximate surface area is 122 Å². The average Bonchev–Trinajstić information content (AvgIpc) is 2.43. The molecule has 0 unspecified atom stereocenters. The van der Waals surface area contributed by atoms with E-state index in [1.165, 1.54) is 31.8 Å². The second-order valence-electron chi connectivity index (χ2n) is 5.12. The molecule has 0 aliphatic carbocycles. The van der Waals surface area contributed by atoms with Gasteiger partial charge in [-0.25, -0.2) is 4.79 Å². The Morgan fingerprint density at radius 2 is 1.35 bits per heavy atom. The maximum Gasteiger partial charge on any atom is 0.328 e. The van der Waals surface area contributed by atoms with Crippen molar-refractivity contribution in [1.82, 2.24) is 4.90 Å². The van der Waals surface area contributed by atoms with Crippen LogP contribution in [0.4, 0.5) is 0 Å². The molecule has 0 spiro atoms. The van der Waals surface area contributed by atoms with E-state index in [1.807, 2.05) is 0 Å². The second-order valence-corrected chi connectivity index (χ2v) is 5.12. The van der Waals surface area contributed by atoms with Crippen molar-refractivity contribution in [2.24, 2.45) is 0 Å². The molecule has 0 aliphatic heterocycles.